The summed E-state index contributed by atoms with van der Waals surface area (Å²) in [5.74, 6) is 1.61. The van der Waals surface area contributed by atoms with Crippen LogP contribution in [0.4, 0.5) is 0 Å². The van der Waals surface area contributed by atoms with Crippen LogP contribution in [0.1, 0.15) is 25.7 Å². The quantitative estimate of drug-likeness (QED) is 0.584. The van der Waals surface area contributed by atoms with Crippen molar-refractivity contribution in [3.05, 3.63) is 0 Å². The Morgan fingerprint density at radius 2 is 1.92 bits per heavy atom. The van der Waals surface area contributed by atoms with Crippen LogP contribution in [0.2, 0.25) is 0 Å². The van der Waals surface area contributed by atoms with Crippen molar-refractivity contribution in [2.75, 3.05) is 19.8 Å². The predicted molar refractivity (Wildman–Crippen MR) is 45.0 cm³/mol. The first-order valence-corrected chi connectivity index (χ1v) is 5.13. The fourth-order valence-corrected chi connectivity index (χ4v) is 2.59. The number of hydrogen-bond donors (Lipinski definition) is 0. The molecule has 2 saturated heterocycles. The minimum Gasteiger partial charge on any atom is -0.381 e. The summed E-state index contributed by atoms with van der Waals surface area (Å²) in [6, 6.07) is 0. The molecule has 3 aliphatic rings. The zero-order valence-electron chi connectivity index (χ0n) is 7.42. The standard InChI is InChI=1S/C10H16O2/c1-2-9(6-11-5-1)10(7-12-10)8-3-4-8/h8-9H,1-7H2. The van der Waals surface area contributed by atoms with Gasteiger partial charge in [-0.05, 0) is 31.6 Å². The highest BCUT2D eigenvalue weighted by atomic mass is 16.6. The van der Waals surface area contributed by atoms with Gasteiger partial charge in [-0.1, -0.05) is 0 Å². The number of hydrogen-bond acceptors (Lipinski definition) is 2. The van der Waals surface area contributed by atoms with E-state index in [2.05, 4.69) is 0 Å². The number of ether oxygens (including phenoxy) is 2. The van der Waals surface area contributed by atoms with Crippen molar-refractivity contribution in [2.45, 2.75) is 31.3 Å². The molecule has 2 heterocycles. The van der Waals surface area contributed by atoms with Gasteiger partial charge in [0.25, 0.3) is 0 Å². The van der Waals surface area contributed by atoms with Crippen LogP contribution in [0.25, 0.3) is 0 Å². The smallest absolute Gasteiger partial charge is 0.0994 e. The summed E-state index contributed by atoms with van der Waals surface area (Å²) in [5.41, 5.74) is 0.306. The van der Waals surface area contributed by atoms with E-state index >= 15 is 0 Å². The molecule has 2 atom stereocenters. The van der Waals surface area contributed by atoms with Crippen molar-refractivity contribution in [1.82, 2.24) is 0 Å². The van der Waals surface area contributed by atoms with Gasteiger partial charge in [-0.25, -0.2) is 0 Å². The summed E-state index contributed by atoms with van der Waals surface area (Å²) in [4.78, 5) is 0. The second-order valence-electron chi connectivity index (χ2n) is 4.43. The summed E-state index contributed by atoms with van der Waals surface area (Å²) in [6.07, 6.45) is 5.37. The van der Waals surface area contributed by atoms with Gasteiger partial charge in [0.1, 0.15) is 0 Å². The highest BCUT2D eigenvalue weighted by molar-refractivity contribution is 5.08. The summed E-state index contributed by atoms with van der Waals surface area (Å²) in [6.45, 7) is 2.94. The Morgan fingerprint density at radius 1 is 1.08 bits per heavy atom. The molecule has 0 amide bonds. The van der Waals surface area contributed by atoms with Crippen LogP contribution >= 0.6 is 0 Å². The molecule has 0 aromatic carbocycles. The molecule has 0 N–H and O–H groups in total. The van der Waals surface area contributed by atoms with Gasteiger partial charge >= 0.3 is 0 Å². The maximum Gasteiger partial charge on any atom is 0.0994 e. The third-order valence-corrected chi connectivity index (χ3v) is 3.60. The van der Waals surface area contributed by atoms with Crippen LogP contribution < -0.4 is 0 Å². The van der Waals surface area contributed by atoms with Crippen LogP contribution in [0.5, 0.6) is 0 Å². The van der Waals surface area contributed by atoms with Crippen LogP contribution in [0, 0.1) is 11.8 Å². The Balaban J connectivity index is 1.69. The molecule has 2 aliphatic heterocycles. The molecule has 0 aromatic rings. The molecule has 0 bridgehead atoms. The third kappa shape index (κ3) is 1.01. The van der Waals surface area contributed by atoms with Gasteiger partial charge < -0.3 is 9.47 Å². The Bertz CT molecular complexity index is 176. The zero-order chi connectivity index (χ0) is 8.02. The van der Waals surface area contributed by atoms with E-state index in [1.807, 2.05) is 0 Å². The molecule has 12 heavy (non-hydrogen) atoms. The van der Waals surface area contributed by atoms with Crippen molar-refractivity contribution >= 4 is 0 Å². The molecule has 0 aromatic heterocycles. The van der Waals surface area contributed by atoms with Crippen LogP contribution in [-0.2, 0) is 9.47 Å². The lowest BCUT2D eigenvalue weighted by Crippen LogP contribution is -2.33. The Hall–Kier alpha value is -0.0800. The maximum atomic E-state index is 5.68. The summed E-state index contributed by atoms with van der Waals surface area (Å²) in [5, 5.41) is 0. The van der Waals surface area contributed by atoms with E-state index < -0.39 is 0 Å². The zero-order valence-corrected chi connectivity index (χ0v) is 7.42. The second-order valence-corrected chi connectivity index (χ2v) is 4.43. The molecular formula is C10H16O2. The lowest BCUT2D eigenvalue weighted by Gasteiger charge is -2.27. The first kappa shape index (κ1) is 7.34. The lowest BCUT2D eigenvalue weighted by atomic mass is 9.84. The lowest BCUT2D eigenvalue weighted by molar-refractivity contribution is 0.0127. The van der Waals surface area contributed by atoms with E-state index in [0.29, 0.717) is 5.60 Å². The van der Waals surface area contributed by atoms with Gasteiger partial charge in [-0.2, -0.15) is 0 Å². The van der Waals surface area contributed by atoms with E-state index in [9.17, 15) is 0 Å². The van der Waals surface area contributed by atoms with E-state index in [-0.39, 0.29) is 0 Å². The van der Waals surface area contributed by atoms with E-state index in [1.54, 1.807) is 0 Å². The van der Waals surface area contributed by atoms with Crippen molar-refractivity contribution in [1.29, 1.82) is 0 Å². The molecule has 3 fully saturated rings. The first-order valence-electron chi connectivity index (χ1n) is 5.13. The summed E-state index contributed by atoms with van der Waals surface area (Å²) >= 11 is 0. The normalized spacial score (nSPS) is 47.5. The summed E-state index contributed by atoms with van der Waals surface area (Å²) in [7, 11) is 0. The van der Waals surface area contributed by atoms with Crippen molar-refractivity contribution < 1.29 is 9.47 Å². The molecule has 0 spiro atoms. The van der Waals surface area contributed by atoms with Gasteiger partial charge in [0.15, 0.2) is 0 Å². The third-order valence-electron chi connectivity index (χ3n) is 3.60. The average Bonchev–Trinajstić information content (AvgIpc) is 2.99. The Morgan fingerprint density at radius 3 is 2.42 bits per heavy atom. The first-order chi connectivity index (χ1) is 5.92. The fourth-order valence-electron chi connectivity index (χ4n) is 2.59. The maximum absolute atomic E-state index is 5.68. The fraction of sp³-hybridized carbons (Fsp3) is 1.00. The van der Waals surface area contributed by atoms with Crippen molar-refractivity contribution in [2.24, 2.45) is 11.8 Å². The van der Waals surface area contributed by atoms with E-state index in [1.165, 1.54) is 25.7 Å². The highest BCUT2D eigenvalue weighted by Gasteiger charge is 2.60. The second kappa shape index (κ2) is 2.46. The van der Waals surface area contributed by atoms with Gasteiger partial charge in [-0.15, -0.1) is 0 Å². The van der Waals surface area contributed by atoms with Gasteiger partial charge in [-0.3, -0.25) is 0 Å². The molecular weight excluding hydrogens is 152 g/mol. The monoisotopic (exact) mass is 168 g/mol. The summed E-state index contributed by atoms with van der Waals surface area (Å²) < 4.78 is 11.2. The predicted octanol–water partition coefficient (Wildman–Crippen LogP) is 1.59. The molecule has 0 radical (unpaired) electrons. The Kier molecular flexibility index (Phi) is 1.50. The van der Waals surface area contributed by atoms with Crippen LogP contribution in [-0.4, -0.2) is 25.4 Å². The number of rotatable bonds is 2. The van der Waals surface area contributed by atoms with Gasteiger partial charge in [0, 0.05) is 12.5 Å². The highest BCUT2D eigenvalue weighted by Crippen LogP contribution is 2.55. The minimum atomic E-state index is 0.306. The molecule has 2 heteroatoms. The van der Waals surface area contributed by atoms with Crippen molar-refractivity contribution in [3.63, 3.8) is 0 Å². The van der Waals surface area contributed by atoms with Crippen LogP contribution in [0.15, 0.2) is 0 Å². The van der Waals surface area contributed by atoms with E-state index in [0.717, 1.165) is 31.7 Å². The molecule has 1 saturated carbocycles. The molecule has 1 aliphatic carbocycles. The molecule has 2 unspecified atom stereocenters. The molecule has 3 rings (SSSR count). The minimum absolute atomic E-state index is 0.306. The van der Waals surface area contributed by atoms with Gasteiger partial charge in [0.2, 0.25) is 0 Å². The SMILES string of the molecule is C1COCC(C2(C3CC3)CO2)C1. The van der Waals surface area contributed by atoms with E-state index in [4.69, 9.17) is 9.47 Å². The largest absolute Gasteiger partial charge is 0.381 e. The van der Waals surface area contributed by atoms with Crippen LogP contribution in [0.3, 0.4) is 0 Å². The Labute approximate surface area is 73.2 Å². The molecule has 2 nitrogen and oxygen atoms in total. The van der Waals surface area contributed by atoms with Gasteiger partial charge in [0.05, 0.1) is 18.8 Å². The topological polar surface area (TPSA) is 21.8 Å². The number of epoxide rings is 1. The molecule has 68 valence electrons. The van der Waals surface area contributed by atoms with Crippen molar-refractivity contribution in [3.8, 4) is 0 Å². The average molecular weight is 168 g/mol.